The first-order valence-corrected chi connectivity index (χ1v) is 7.86. The molecule has 0 radical (unpaired) electrons. The molecule has 4 nitrogen and oxygen atoms in total. The van der Waals surface area contributed by atoms with Gasteiger partial charge in [0.25, 0.3) is 0 Å². The molecule has 1 saturated heterocycles. The van der Waals surface area contributed by atoms with Gasteiger partial charge in [-0.1, -0.05) is 18.9 Å². The van der Waals surface area contributed by atoms with Gasteiger partial charge in [0.2, 0.25) is 0 Å². The van der Waals surface area contributed by atoms with Crippen molar-refractivity contribution >= 4 is 5.97 Å². The molecule has 0 spiro atoms. The first-order valence-electron chi connectivity index (χ1n) is 7.86. The largest absolute Gasteiger partial charge is 0.497 e. The molecular formula is C17H23NO3. The molecule has 0 saturated carbocycles. The fourth-order valence-electron chi connectivity index (χ4n) is 3.80. The summed E-state index contributed by atoms with van der Waals surface area (Å²) in [6.07, 6.45) is 6.08. The quantitative estimate of drug-likeness (QED) is 0.929. The number of hydrogen-bond acceptors (Lipinski definition) is 3. The standard InChI is InChI=1S/C17H23NO3/c1-21-13-8-6-12-7-9-15(14(12)11-13)18-10-4-2-3-5-16(18)17(19)20/h6,8,11,15-16H,2-5,7,9-10H2,1H3,(H,19,20). The van der Waals surface area contributed by atoms with Crippen LogP contribution in [0.15, 0.2) is 18.2 Å². The molecule has 2 aliphatic rings. The summed E-state index contributed by atoms with van der Waals surface area (Å²) in [5.74, 6) is 0.190. The van der Waals surface area contributed by atoms with Crippen molar-refractivity contribution in [2.24, 2.45) is 0 Å². The van der Waals surface area contributed by atoms with Crippen LogP contribution in [-0.4, -0.2) is 35.7 Å². The van der Waals surface area contributed by atoms with Crippen LogP contribution in [0.4, 0.5) is 0 Å². The molecule has 0 aromatic heterocycles. The number of fused-ring (bicyclic) bond motifs is 1. The second-order valence-electron chi connectivity index (χ2n) is 6.06. The van der Waals surface area contributed by atoms with Crippen LogP contribution in [0.25, 0.3) is 0 Å². The summed E-state index contributed by atoms with van der Waals surface area (Å²) >= 11 is 0. The maximum atomic E-state index is 11.6. The fourth-order valence-corrected chi connectivity index (χ4v) is 3.80. The van der Waals surface area contributed by atoms with Gasteiger partial charge in [0.15, 0.2) is 0 Å². The van der Waals surface area contributed by atoms with E-state index in [1.54, 1.807) is 7.11 Å². The third kappa shape index (κ3) is 2.77. The Bertz CT molecular complexity index is 529. The zero-order valence-electron chi connectivity index (χ0n) is 12.5. The molecule has 3 rings (SSSR count). The number of carboxylic acid groups (broad SMARTS) is 1. The van der Waals surface area contributed by atoms with Crippen LogP contribution in [-0.2, 0) is 11.2 Å². The molecule has 1 aliphatic carbocycles. The number of likely N-dealkylation sites (tertiary alicyclic amines) is 1. The van der Waals surface area contributed by atoms with Gasteiger partial charge in [0, 0.05) is 6.04 Å². The first kappa shape index (κ1) is 14.4. The monoisotopic (exact) mass is 289 g/mol. The Labute approximate surface area is 125 Å². The van der Waals surface area contributed by atoms with Crippen LogP contribution in [0.5, 0.6) is 5.75 Å². The fraction of sp³-hybridized carbons (Fsp3) is 0.588. The molecule has 0 amide bonds. The molecule has 1 N–H and O–H groups in total. The van der Waals surface area contributed by atoms with Crippen molar-refractivity contribution in [3.63, 3.8) is 0 Å². The van der Waals surface area contributed by atoms with Crippen LogP contribution in [0.2, 0.25) is 0 Å². The summed E-state index contributed by atoms with van der Waals surface area (Å²) in [5.41, 5.74) is 2.61. The highest BCUT2D eigenvalue weighted by atomic mass is 16.5. The van der Waals surface area contributed by atoms with E-state index in [4.69, 9.17) is 4.74 Å². The van der Waals surface area contributed by atoms with Gasteiger partial charge in [-0.25, -0.2) is 0 Å². The summed E-state index contributed by atoms with van der Waals surface area (Å²) in [6, 6.07) is 6.11. The first-order chi connectivity index (χ1) is 10.2. The predicted molar refractivity (Wildman–Crippen MR) is 80.7 cm³/mol. The minimum atomic E-state index is -0.673. The Morgan fingerprint density at radius 1 is 1.29 bits per heavy atom. The summed E-state index contributed by atoms with van der Waals surface area (Å²) in [6.45, 7) is 0.887. The summed E-state index contributed by atoms with van der Waals surface area (Å²) in [4.78, 5) is 13.9. The van der Waals surface area contributed by atoms with Crippen molar-refractivity contribution in [1.29, 1.82) is 0 Å². The van der Waals surface area contributed by atoms with E-state index in [1.165, 1.54) is 11.1 Å². The van der Waals surface area contributed by atoms with E-state index in [1.807, 2.05) is 6.07 Å². The van der Waals surface area contributed by atoms with Crippen LogP contribution in [0.3, 0.4) is 0 Å². The Kier molecular flexibility index (Phi) is 4.15. The highest BCUT2D eigenvalue weighted by molar-refractivity contribution is 5.73. The van der Waals surface area contributed by atoms with E-state index in [9.17, 15) is 9.90 Å². The van der Waals surface area contributed by atoms with Crippen molar-refractivity contribution in [2.75, 3.05) is 13.7 Å². The Balaban J connectivity index is 1.91. The van der Waals surface area contributed by atoms with Gasteiger partial charge in [0.05, 0.1) is 7.11 Å². The summed E-state index contributed by atoms with van der Waals surface area (Å²) in [5, 5.41) is 9.58. The predicted octanol–water partition coefficient (Wildman–Crippen LogP) is 3.01. The zero-order valence-corrected chi connectivity index (χ0v) is 12.5. The molecule has 0 bridgehead atoms. The SMILES string of the molecule is COc1ccc2c(c1)C(N1CCCCCC1C(=O)O)CC2. The molecule has 1 fully saturated rings. The molecule has 2 unspecified atom stereocenters. The molecule has 1 aliphatic heterocycles. The lowest BCUT2D eigenvalue weighted by Crippen LogP contribution is -2.42. The lowest BCUT2D eigenvalue weighted by molar-refractivity contribution is -0.144. The van der Waals surface area contributed by atoms with Crippen molar-refractivity contribution < 1.29 is 14.6 Å². The van der Waals surface area contributed by atoms with E-state index in [0.717, 1.165) is 50.8 Å². The van der Waals surface area contributed by atoms with E-state index in [0.29, 0.717) is 0 Å². The summed E-state index contributed by atoms with van der Waals surface area (Å²) < 4.78 is 5.34. The number of hydrogen-bond donors (Lipinski definition) is 1. The Morgan fingerprint density at radius 3 is 2.90 bits per heavy atom. The van der Waals surface area contributed by atoms with E-state index in [-0.39, 0.29) is 12.1 Å². The van der Waals surface area contributed by atoms with E-state index >= 15 is 0 Å². The highest BCUT2D eigenvalue weighted by Crippen LogP contribution is 2.40. The number of methoxy groups -OCH3 is 1. The topological polar surface area (TPSA) is 49.8 Å². The average molecular weight is 289 g/mol. The van der Waals surface area contributed by atoms with Crippen LogP contribution in [0, 0.1) is 0 Å². The van der Waals surface area contributed by atoms with Crippen molar-refractivity contribution in [1.82, 2.24) is 4.90 Å². The van der Waals surface area contributed by atoms with Crippen molar-refractivity contribution in [3.05, 3.63) is 29.3 Å². The molecular weight excluding hydrogens is 266 g/mol. The van der Waals surface area contributed by atoms with Crippen LogP contribution >= 0.6 is 0 Å². The van der Waals surface area contributed by atoms with Gasteiger partial charge in [-0.3, -0.25) is 9.69 Å². The molecule has 1 heterocycles. The van der Waals surface area contributed by atoms with Gasteiger partial charge in [0.1, 0.15) is 11.8 Å². The smallest absolute Gasteiger partial charge is 0.320 e. The molecule has 2 atom stereocenters. The minimum absolute atomic E-state index is 0.231. The number of aliphatic carboxylic acids is 1. The second-order valence-corrected chi connectivity index (χ2v) is 6.06. The third-order valence-corrected chi connectivity index (χ3v) is 4.88. The Morgan fingerprint density at radius 2 is 2.14 bits per heavy atom. The Hall–Kier alpha value is -1.55. The minimum Gasteiger partial charge on any atom is -0.497 e. The van der Waals surface area contributed by atoms with Gasteiger partial charge in [-0.2, -0.15) is 0 Å². The van der Waals surface area contributed by atoms with Gasteiger partial charge < -0.3 is 9.84 Å². The van der Waals surface area contributed by atoms with Gasteiger partial charge in [-0.05, 0) is 55.5 Å². The molecule has 1 aromatic rings. The number of ether oxygens (including phenoxy) is 1. The van der Waals surface area contributed by atoms with Crippen molar-refractivity contribution in [2.45, 2.75) is 50.6 Å². The third-order valence-electron chi connectivity index (χ3n) is 4.88. The lowest BCUT2D eigenvalue weighted by Gasteiger charge is -2.33. The average Bonchev–Trinajstić information content (AvgIpc) is 2.74. The maximum Gasteiger partial charge on any atom is 0.320 e. The second kappa shape index (κ2) is 6.06. The number of carbonyl (C=O) groups is 1. The molecule has 21 heavy (non-hydrogen) atoms. The summed E-state index contributed by atoms with van der Waals surface area (Å²) in [7, 11) is 1.68. The highest BCUT2D eigenvalue weighted by Gasteiger charge is 2.36. The number of aryl methyl sites for hydroxylation is 1. The van der Waals surface area contributed by atoms with Crippen LogP contribution in [0.1, 0.15) is 49.3 Å². The molecule has 4 heteroatoms. The number of benzene rings is 1. The number of carboxylic acids is 1. The zero-order chi connectivity index (χ0) is 14.8. The number of rotatable bonds is 3. The van der Waals surface area contributed by atoms with Crippen LogP contribution < -0.4 is 4.74 Å². The van der Waals surface area contributed by atoms with Gasteiger partial charge >= 0.3 is 5.97 Å². The molecule has 1 aromatic carbocycles. The molecule has 114 valence electrons. The lowest BCUT2D eigenvalue weighted by atomic mass is 10.0. The maximum absolute atomic E-state index is 11.6. The number of nitrogens with zero attached hydrogens (tertiary/aromatic N) is 1. The van der Waals surface area contributed by atoms with Gasteiger partial charge in [-0.15, -0.1) is 0 Å². The van der Waals surface area contributed by atoms with Crippen molar-refractivity contribution in [3.8, 4) is 5.75 Å². The van der Waals surface area contributed by atoms with E-state index in [2.05, 4.69) is 17.0 Å². The van der Waals surface area contributed by atoms with E-state index < -0.39 is 5.97 Å². The normalized spacial score (nSPS) is 26.1.